The molecule has 1 aliphatic carbocycles. The van der Waals surface area contributed by atoms with E-state index < -0.39 is 0 Å². The summed E-state index contributed by atoms with van der Waals surface area (Å²) >= 11 is 5.97. The minimum atomic E-state index is 0.226. The molecule has 0 spiro atoms. The third-order valence-corrected chi connectivity index (χ3v) is 4.15. The maximum absolute atomic E-state index is 6.02. The molecule has 5 nitrogen and oxygen atoms in total. The fraction of sp³-hybridized carbons (Fsp3) is 0.467. The van der Waals surface area contributed by atoms with E-state index in [1.54, 1.807) is 19.2 Å². The molecule has 2 atom stereocenters. The average Bonchev–Trinajstić information content (AvgIpc) is 2.96. The Hall–Kier alpha value is -1.59. The van der Waals surface area contributed by atoms with Gasteiger partial charge in [0.05, 0.1) is 12.7 Å². The van der Waals surface area contributed by atoms with E-state index in [1.807, 2.05) is 6.07 Å². The van der Waals surface area contributed by atoms with Crippen molar-refractivity contribution in [1.82, 2.24) is 10.1 Å². The van der Waals surface area contributed by atoms with Crippen molar-refractivity contribution >= 4 is 11.6 Å². The summed E-state index contributed by atoms with van der Waals surface area (Å²) < 4.78 is 10.8. The van der Waals surface area contributed by atoms with Crippen LogP contribution in [-0.2, 0) is 0 Å². The van der Waals surface area contributed by atoms with Gasteiger partial charge < -0.3 is 15.0 Å². The Balaban J connectivity index is 1.88. The van der Waals surface area contributed by atoms with Crippen LogP contribution in [0.5, 0.6) is 5.75 Å². The lowest BCUT2D eigenvalue weighted by Gasteiger charge is -2.23. The van der Waals surface area contributed by atoms with E-state index in [0.29, 0.717) is 22.5 Å². The predicted octanol–water partition coefficient (Wildman–Crippen LogP) is 3.38. The highest BCUT2D eigenvalue weighted by molar-refractivity contribution is 6.30. The smallest absolute Gasteiger partial charge is 0.230 e. The first-order valence-electron chi connectivity index (χ1n) is 7.10. The Morgan fingerprint density at radius 1 is 1.38 bits per heavy atom. The van der Waals surface area contributed by atoms with Crippen molar-refractivity contribution in [2.45, 2.75) is 37.6 Å². The first kappa shape index (κ1) is 14.4. The number of nitrogens with zero attached hydrogens (tertiary/aromatic N) is 2. The molecule has 0 bridgehead atoms. The number of halogens is 1. The van der Waals surface area contributed by atoms with E-state index in [2.05, 4.69) is 10.1 Å². The lowest BCUT2D eigenvalue weighted by Crippen LogP contribution is -2.26. The SMILES string of the molecule is COc1cc(Cl)ccc1-c1noc(C2CCCC(N)C2)n1. The molecule has 1 heterocycles. The number of hydrogen-bond acceptors (Lipinski definition) is 5. The summed E-state index contributed by atoms with van der Waals surface area (Å²) in [6.07, 6.45) is 4.13. The molecule has 0 aliphatic heterocycles. The number of rotatable bonds is 3. The zero-order valence-electron chi connectivity index (χ0n) is 11.9. The van der Waals surface area contributed by atoms with Gasteiger partial charge in [-0.2, -0.15) is 4.98 Å². The molecule has 2 unspecified atom stereocenters. The Labute approximate surface area is 128 Å². The molecule has 1 saturated carbocycles. The average molecular weight is 308 g/mol. The number of ether oxygens (including phenoxy) is 1. The molecule has 0 amide bonds. The van der Waals surface area contributed by atoms with Crippen molar-refractivity contribution in [2.75, 3.05) is 7.11 Å². The van der Waals surface area contributed by atoms with Crippen LogP contribution in [0.1, 0.15) is 37.5 Å². The van der Waals surface area contributed by atoms with Gasteiger partial charge in [0.2, 0.25) is 11.7 Å². The fourth-order valence-corrected chi connectivity index (χ4v) is 2.97. The van der Waals surface area contributed by atoms with Crippen molar-refractivity contribution in [3.63, 3.8) is 0 Å². The Morgan fingerprint density at radius 3 is 3.00 bits per heavy atom. The number of benzene rings is 1. The molecule has 1 fully saturated rings. The summed E-state index contributed by atoms with van der Waals surface area (Å²) in [5, 5.41) is 4.68. The molecule has 1 aromatic heterocycles. The van der Waals surface area contributed by atoms with Gasteiger partial charge in [0.1, 0.15) is 5.75 Å². The number of aromatic nitrogens is 2. The van der Waals surface area contributed by atoms with Crippen LogP contribution in [-0.4, -0.2) is 23.3 Å². The summed E-state index contributed by atoms with van der Waals surface area (Å²) in [5.74, 6) is 2.08. The lowest BCUT2D eigenvalue weighted by atomic mass is 9.86. The maximum Gasteiger partial charge on any atom is 0.230 e. The second kappa shape index (κ2) is 6.03. The minimum absolute atomic E-state index is 0.226. The van der Waals surface area contributed by atoms with Gasteiger partial charge in [0.15, 0.2) is 0 Å². The molecule has 6 heteroatoms. The highest BCUT2D eigenvalue weighted by atomic mass is 35.5. The summed E-state index contributed by atoms with van der Waals surface area (Å²) in [6, 6.07) is 5.59. The van der Waals surface area contributed by atoms with E-state index >= 15 is 0 Å². The van der Waals surface area contributed by atoms with Crippen LogP contribution in [0.4, 0.5) is 0 Å². The number of methoxy groups -OCH3 is 1. The molecule has 0 saturated heterocycles. The van der Waals surface area contributed by atoms with E-state index in [0.717, 1.165) is 31.2 Å². The summed E-state index contributed by atoms with van der Waals surface area (Å²) in [6.45, 7) is 0. The number of nitrogens with two attached hydrogens (primary N) is 1. The third kappa shape index (κ3) is 3.04. The van der Waals surface area contributed by atoms with Crippen molar-refractivity contribution in [1.29, 1.82) is 0 Å². The number of hydrogen-bond donors (Lipinski definition) is 1. The van der Waals surface area contributed by atoms with Crippen LogP contribution in [0, 0.1) is 0 Å². The maximum atomic E-state index is 6.02. The first-order valence-corrected chi connectivity index (χ1v) is 7.48. The highest BCUT2D eigenvalue weighted by Crippen LogP contribution is 2.34. The van der Waals surface area contributed by atoms with Gasteiger partial charge in [0, 0.05) is 17.0 Å². The summed E-state index contributed by atoms with van der Waals surface area (Å²) in [7, 11) is 1.59. The van der Waals surface area contributed by atoms with Crippen LogP contribution in [0.25, 0.3) is 11.4 Å². The van der Waals surface area contributed by atoms with Crippen molar-refractivity contribution in [3.05, 3.63) is 29.1 Å². The molecule has 21 heavy (non-hydrogen) atoms. The van der Waals surface area contributed by atoms with Gasteiger partial charge in [-0.3, -0.25) is 0 Å². The quantitative estimate of drug-likeness (QED) is 0.941. The fourth-order valence-electron chi connectivity index (χ4n) is 2.81. The molecule has 0 radical (unpaired) electrons. The van der Waals surface area contributed by atoms with Crippen molar-refractivity contribution in [2.24, 2.45) is 5.73 Å². The van der Waals surface area contributed by atoms with Gasteiger partial charge >= 0.3 is 0 Å². The standard InChI is InChI=1S/C15H18ClN3O2/c1-20-13-8-10(16)5-6-12(13)14-18-15(21-19-14)9-3-2-4-11(17)7-9/h5-6,8-9,11H,2-4,7,17H2,1H3. The molecular formula is C15H18ClN3O2. The molecule has 112 valence electrons. The Morgan fingerprint density at radius 2 is 2.24 bits per heavy atom. The largest absolute Gasteiger partial charge is 0.496 e. The zero-order chi connectivity index (χ0) is 14.8. The van der Waals surface area contributed by atoms with Gasteiger partial charge in [0.25, 0.3) is 0 Å². The monoisotopic (exact) mass is 307 g/mol. The van der Waals surface area contributed by atoms with Gasteiger partial charge in [-0.25, -0.2) is 0 Å². The van der Waals surface area contributed by atoms with Gasteiger partial charge in [-0.1, -0.05) is 23.2 Å². The molecule has 2 N–H and O–H groups in total. The van der Waals surface area contributed by atoms with Gasteiger partial charge in [-0.05, 0) is 37.5 Å². The van der Waals surface area contributed by atoms with Crippen LogP contribution >= 0.6 is 11.6 Å². The summed E-state index contributed by atoms with van der Waals surface area (Å²) in [4.78, 5) is 4.52. The third-order valence-electron chi connectivity index (χ3n) is 3.91. The normalized spacial score (nSPS) is 22.2. The van der Waals surface area contributed by atoms with Gasteiger partial charge in [-0.15, -0.1) is 0 Å². The lowest BCUT2D eigenvalue weighted by molar-refractivity contribution is 0.299. The van der Waals surface area contributed by atoms with E-state index in [4.69, 9.17) is 26.6 Å². The van der Waals surface area contributed by atoms with E-state index in [1.165, 1.54) is 0 Å². The minimum Gasteiger partial charge on any atom is -0.496 e. The molecule has 1 aromatic carbocycles. The molecular weight excluding hydrogens is 290 g/mol. The highest BCUT2D eigenvalue weighted by Gasteiger charge is 2.26. The van der Waals surface area contributed by atoms with Crippen LogP contribution < -0.4 is 10.5 Å². The zero-order valence-corrected chi connectivity index (χ0v) is 12.6. The van der Waals surface area contributed by atoms with E-state index in [-0.39, 0.29) is 12.0 Å². The van der Waals surface area contributed by atoms with Crippen molar-refractivity contribution < 1.29 is 9.26 Å². The van der Waals surface area contributed by atoms with Crippen LogP contribution in [0.2, 0.25) is 5.02 Å². The van der Waals surface area contributed by atoms with E-state index in [9.17, 15) is 0 Å². The topological polar surface area (TPSA) is 74.2 Å². The predicted molar refractivity (Wildman–Crippen MR) is 80.5 cm³/mol. The molecule has 3 rings (SSSR count). The van der Waals surface area contributed by atoms with Crippen LogP contribution in [0.15, 0.2) is 22.7 Å². The second-order valence-electron chi connectivity index (χ2n) is 5.42. The van der Waals surface area contributed by atoms with Crippen LogP contribution in [0.3, 0.4) is 0 Å². The molecule has 2 aromatic rings. The molecule has 1 aliphatic rings. The summed E-state index contributed by atoms with van der Waals surface area (Å²) in [5.41, 5.74) is 6.79. The van der Waals surface area contributed by atoms with Crippen molar-refractivity contribution in [3.8, 4) is 17.1 Å². The second-order valence-corrected chi connectivity index (χ2v) is 5.86. The first-order chi connectivity index (χ1) is 10.2. The Bertz CT molecular complexity index is 629. The Kier molecular flexibility index (Phi) is 4.12.